The molecule has 1 aromatic rings. The van der Waals surface area contributed by atoms with Gasteiger partial charge >= 0.3 is 0 Å². The smallest absolute Gasteiger partial charge is 0.267 e. The minimum absolute atomic E-state index is 0.00299. The number of aliphatic hydroxyl groups excluding tert-OH is 1. The molecule has 5 heteroatoms. The Kier molecular flexibility index (Phi) is 4.40. The number of aromatic nitrogens is 2. The SMILES string of the molecule is Cc1ccc(=O)n(C2CCC(NC3CCCC3O)CC2)n1. The van der Waals surface area contributed by atoms with Crippen molar-refractivity contribution >= 4 is 0 Å². The molecule has 0 radical (unpaired) electrons. The summed E-state index contributed by atoms with van der Waals surface area (Å²) < 4.78 is 1.66. The Balaban J connectivity index is 1.57. The Morgan fingerprint density at radius 1 is 1.19 bits per heavy atom. The molecule has 0 spiro atoms. The van der Waals surface area contributed by atoms with Crippen molar-refractivity contribution < 1.29 is 5.11 Å². The third-order valence-corrected chi connectivity index (χ3v) is 4.93. The van der Waals surface area contributed by atoms with E-state index in [4.69, 9.17) is 0 Å². The Morgan fingerprint density at radius 2 is 1.95 bits per heavy atom. The van der Waals surface area contributed by atoms with E-state index in [1.807, 2.05) is 6.92 Å². The summed E-state index contributed by atoms with van der Waals surface area (Å²) in [6.07, 6.45) is 7.02. The van der Waals surface area contributed by atoms with E-state index in [0.717, 1.165) is 50.6 Å². The number of rotatable bonds is 3. The van der Waals surface area contributed by atoms with Crippen LogP contribution in [0.3, 0.4) is 0 Å². The van der Waals surface area contributed by atoms with Crippen molar-refractivity contribution in [3.8, 4) is 0 Å². The first kappa shape index (κ1) is 14.7. The van der Waals surface area contributed by atoms with Gasteiger partial charge in [-0.15, -0.1) is 0 Å². The number of hydrogen-bond acceptors (Lipinski definition) is 4. The molecule has 0 saturated heterocycles. The molecule has 21 heavy (non-hydrogen) atoms. The van der Waals surface area contributed by atoms with Gasteiger partial charge in [0, 0.05) is 18.2 Å². The Morgan fingerprint density at radius 3 is 2.62 bits per heavy atom. The lowest BCUT2D eigenvalue weighted by Gasteiger charge is -2.32. The third-order valence-electron chi connectivity index (χ3n) is 4.93. The van der Waals surface area contributed by atoms with Crippen molar-refractivity contribution in [2.45, 2.75) is 76.1 Å². The second kappa shape index (κ2) is 6.28. The summed E-state index contributed by atoms with van der Waals surface area (Å²) in [4.78, 5) is 11.9. The Bertz CT molecular complexity index is 535. The van der Waals surface area contributed by atoms with Crippen LogP contribution in [0.15, 0.2) is 16.9 Å². The van der Waals surface area contributed by atoms with Crippen molar-refractivity contribution in [2.24, 2.45) is 0 Å². The van der Waals surface area contributed by atoms with Crippen LogP contribution in [-0.4, -0.2) is 33.1 Å². The first-order chi connectivity index (χ1) is 10.1. The summed E-state index contributed by atoms with van der Waals surface area (Å²) >= 11 is 0. The van der Waals surface area contributed by atoms with Gasteiger partial charge in [0.2, 0.25) is 0 Å². The van der Waals surface area contributed by atoms with Gasteiger partial charge in [-0.3, -0.25) is 4.79 Å². The van der Waals surface area contributed by atoms with Gasteiger partial charge in [0.15, 0.2) is 0 Å². The van der Waals surface area contributed by atoms with Gasteiger partial charge in [0.25, 0.3) is 5.56 Å². The number of aryl methyl sites for hydroxylation is 1. The van der Waals surface area contributed by atoms with Crippen LogP contribution in [0.4, 0.5) is 0 Å². The molecular weight excluding hydrogens is 266 g/mol. The fraction of sp³-hybridized carbons (Fsp3) is 0.750. The van der Waals surface area contributed by atoms with Gasteiger partial charge in [0.05, 0.1) is 17.8 Å². The number of nitrogens with one attached hydrogen (secondary N) is 1. The highest BCUT2D eigenvalue weighted by Gasteiger charge is 2.30. The molecule has 0 aliphatic heterocycles. The van der Waals surface area contributed by atoms with E-state index in [1.165, 1.54) is 0 Å². The molecule has 2 saturated carbocycles. The highest BCUT2D eigenvalue weighted by molar-refractivity contribution is 4.98. The summed E-state index contributed by atoms with van der Waals surface area (Å²) in [5.74, 6) is 0. The van der Waals surface area contributed by atoms with Crippen LogP contribution in [-0.2, 0) is 0 Å². The second-order valence-electron chi connectivity index (χ2n) is 6.53. The average molecular weight is 291 g/mol. The summed E-state index contributed by atoms with van der Waals surface area (Å²) in [6.45, 7) is 1.92. The monoisotopic (exact) mass is 291 g/mol. The summed E-state index contributed by atoms with van der Waals surface area (Å²) in [5, 5.41) is 17.9. The largest absolute Gasteiger partial charge is 0.392 e. The highest BCUT2D eigenvalue weighted by Crippen LogP contribution is 2.29. The molecule has 0 bridgehead atoms. The first-order valence-electron chi connectivity index (χ1n) is 8.14. The maximum atomic E-state index is 11.9. The van der Waals surface area contributed by atoms with Crippen molar-refractivity contribution in [3.63, 3.8) is 0 Å². The van der Waals surface area contributed by atoms with Crippen LogP contribution in [0.25, 0.3) is 0 Å². The maximum absolute atomic E-state index is 11.9. The maximum Gasteiger partial charge on any atom is 0.267 e. The predicted molar refractivity (Wildman–Crippen MR) is 81.3 cm³/mol. The third kappa shape index (κ3) is 3.35. The van der Waals surface area contributed by atoms with Gasteiger partial charge in [0.1, 0.15) is 0 Å². The topological polar surface area (TPSA) is 67.2 Å². The van der Waals surface area contributed by atoms with Crippen LogP contribution >= 0.6 is 0 Å². The van der Waals surface area contributed by atoms with Crippen LogP contribution < -0.4 is 10.9 Å². The molecule has 2 atom stereocenters. The fourth-order valence-corrected chi connectivity index (χ4v) is 3.71. The molecular formula is C16H25N3O2. The molecule has 5 nitrogen and oxygen atoms in total. The van der Waals surface area contributed by atoms with Crippen LogP contribution in [0.5, 0.6) is 0 Å². The number of aliphatic hydroxyl groups is 1. The van der Waals surface area contributed by atoms with Crippen LogP contribution in [0.2, 0.25) is 0 Å². The number of nitrogens with zero attached hydrogens (tertiary/aromatic N) is 2. The average Bonchev–Trinajstić information content (AvgIpc) is 2.88. The minimum Gasteiger partial charge on any atom is -0.392 e. The van der Waals surface area contributed by atoms with E-state index in [2.05, 4.69) is 10.4 Å². The van der Waals surface area contributed by atoms with E-state index >= 15 is 0 Å². The van der Waals surface area contributed by atoms with E-state index < -0.39 is 0 Å². The van der Waals surface area contributed by atoms with Crippen molar-refractivity contribution in [3.05, 3.63) is 28.2 Å². The molecule has 0 aromatic carbocycles. The van der Waals surface area contributed by atoms with E-state index in [1.54, 1.807) is 16.8 Å². The predicted octanol–water partition coefficient (Wildman–Crippen LogP) is 1.54. The highest BCUT2D eigenvalue weighted by atomic mass is 16.3. The van der Waals surface area contributed by atoms with Crippen molar-refractivity contribution in [1.29, 1.82) is 0 Å². The van der Waals surface area contributed by atoms with Crippen molar-refractivity contribution in [2.75, 3.05) is 0 Å². The molecule has 116 valence electrons. The van der Waals surface area contributed by atoms with Crippen LogP contribution in [0.1, 0.15) is 56.7 Å². The molecule has 1 aromatic heterocycles. The molecule has 2 N–H and O–H groups in total. The normalized spacial score (nSPS) is 33.2. The standard InChI is InChI=1S/C16H25N3O2/c1-11-5-10-16(21)19(18-11)13-8-6-12(7-9-13)17-14-3-2-4-15(14)20/h5,10,12-15,17,20H,2-4,6-9H2,1H3. The molecule has 2 aliphatic rings. The first-order valence-corrected chi connectivity index (χ1v) is 8.14. The molecule has 1 heterocycles. The van der Waals surface area contributed by atoms with Gasteiger partial charge < -0.3 is 10.4 Å². The van der Waals surface area contributed by atoms with Gasteiger partial charge in [-0.2, -0.15) is 5.10 Å². The van der Waals surface area contributed by atoms with E-state index in [-0.39, 0.29) is 23.7 Å². The van der Waals surface area contributed by atoms with Gasteiger partial charge in [-0.05, 0) is 57.9 Å². The number of hydrogen-bond donors (Lipinski definition) is 2. The minimum atomic E-state index is -0.177. The Hall–Kier alpha value is -1.20. The quantitative estimate of drug-likeness (QED) is 0.886. The second-order valence-corrected chi connectivity index (χ2v) is 6.53. The zero-order valence-electron chi connectivity index (χ0n) is 12.7. The summed E-state index contributed by atoms with van der Waals surface area (Å²) in [5.41, 5.74) is 0.896. The van der Waals surface area contributed by atoms with Crippen LogP contribution in [0, 0.1) is 6.92 Å². The molecule has 2 aliphatic carbocycles. The zero-order chi connectivity index (χ0) is 14.8. The fourth-order valence-electron chi connectivity index (χ4n) is 3.71. The lowest BCUT2D eigenvalue weighted by molar-refractivity contribution is 0.134. The lowest BCUT2D eigenvalue weighted by atomic mass is 9.90. The summed E-state index contributed by atoms with van der Waals surface area (Å²) in [7, 11) is 0. The molecule has 3 rings (SSSR count). The lowest BCUT2D eigenvalue weighted by Crippen LogP contribution is -2.44. The van der Waals surface area contributed by atoms with Crippen molar-refractivity contribution in [1.82, 2.24) is 15.1 Å². The van der Waals surface area contributed by atoms with Gasteiger partial charge in [-0.25, -0.2) is 4.68 Å². The zero-order valence-corrected chi connectivity index (χ0v) is 12.7. The van der Waals surface area contributed by atoms with Gasteiger partial charge in [-0.1, -0.05) is 0 Å². The van der Waals surface area contributed by atoms with E-state index in [9.17, 15) is 9.90 Å². The molecule has 2 fully saturated rings. The summed E-state index contributed by atoms with van der Waals surface area (Å²) in [6, 6.07) is 4.35. The molecule has 0 amide bonds. The van der Waals surface area contributed by atoms with E-state index in [0.29, 0.717) is 6.04 Å². The Labute approximate surface area is 125 Å². The molecule has 2 unspecified atom stereocenters.